The quantitative estimate of drug-likeness (QED) is 0.361. The molecule has 2 aliphatic carbocycles. The van der Waals surface area contributed by atoms with Crippen LogP contribution in [0, 0.1) is 17.3 Å². The van der Waals surface area contributed by atoms with Crippen molar-refractivity contribution in [2.24, 2.45) is 17.3 Å². The van der Waals surface area contributed by atoms with Crippen LogP contribution in [0.4, 0.5) is 0 Å². The lowest BCUT2D eigenvalue weighted by Crippen LogP contribution is -2.76. The smallest absolute Gasteiger partial charge is 0.340 e. The summed E-state index contributed by atoms with van der Waals surface area (Å²) in [6.07, 6.45) is -0.0763. The van der Waals surface area contributed by atoms with E-state index >= 15 is 0 Å². The summed E-state index contributed by atoms with van der Waals surface area (Å²) in [6.45, 7) is 10.2. The molecule has 1 spiro atoms. The molecule has 2 aromatic rings. The zero-order chi connectivity index (χ0) is 30.4. The van der Waals surface area contributed by atoms with Crippen LogP contribution in [0.2, 0.25) is 0 Å². The topological polar surface area (TPSA) is 127 Å². The summed E-state index contributed by atoms with van der Waals surface area (Å²) < 4.78 is 31.3. The molecular weight excluding hydrogens is 542 g/mol. The predicted molar refractivity (Wildman–Crippen MR) is 148 cm³/mol. The van der Waals surface area contributed by atoms with Gasteiger partial charge in [0.2, 0.25) is 0 Å². The molecule has 2 heterocycles. The Kier molecular flexibility index (Phi) is 7.64. The normalized spacial score (nSPS) is 34.4. The molecule has 0 N–H and O–H groups in total. The summed E-state index contributed by atoms with van der Waals surface area (Å²) in [5.74, 6) is -3.02. The average molecular weight is 580 g/mol. The molecule has 1 aliphatic heterocycles. The first-order valence-electron chi connectivity index (χ1n) is 14.2. The molecule has 42 heavy (non-hydrogen) atoms. The molecule has 3 aliphatic rings. The molecule has 3 fully saturated rings. The van der Waals surface area contributed by atoms with Crippen molar-refractivity contribution in [1.82, 2.24) is 4.98 Å². The van der Waals surface area contributed by atoms with Crippen molar-refractivity contribution in [3.8, 4) is 0 Å². The molecule has 1 aromatic carbocycles. The van der Waals surface area contributed by atoms with Gasteiger partial charge in [-0.05, 0) is 63.8 Å². The van der Waals surface area contributed by atoms with Crippen LogP contribution in [0.15, 0.2) is 54.9 Å². The first-order chi connectivity index (χ1) is 19.8. The first-order valence-corrected chi connectivity index (χ1v) is 14.2. The van der Waals surface area contributed by atoms with Gasteiger partial charge in [-0.1, -0.05) is 25.1 Å². The van der Waals surface area contributed by atoms with Crippen LogP contribution >= 0.6 is 0 Å². The summed E-state index contributed by atoms with van der Waals surface area (Å²) in [5.41, 5.74) is -2.76. The van der Waals surface area contributed by atoms with Gasteiger partial charge < -0.3 is 23.7 Å². The molecule has 10 heteroatoms. The number of hydrogen-bond donors (Lipinski definition) is 0. The number of fused-ring (bicyclic) bond motifs is 1. The lowest BCUT2D eigenvalue weighted by atomic mass is 9.48. The number of carbonyl (C=O) groups excluding carboxylic acids is 4. The Morgan fingerprint density at radius 2 is 1.45 bits per heavy atom. The minimum atomic E-state index is -1.30. The van der Waals surface area contributed by atoms with Crippen LogP contribution in [0.3, 0.4) is 0 Å². The second-order valence-electron chi connectivity index (χ2n) is 12.3. The Bertz CT molecular complexity index is 1360. The molecule has 0 radical (unpaired) electrons. The lowest BCUT2D eigenvalue weighted by Gasteiger charge is -2.62. The highest BCUT2D eigenvalue weighted by Crippen LogP contribution is 2.68. The Balaban J connectivity index is 1.66. The highest BCUT2D eigenvalue weighted by Gasteiger charge is 2.80. The number of rotatable bonds is 6. The minimum Gasteiger partial charge on any atom is -0.459 e. The van der Waals surface area contributed by atoms with Crippen LogP contribution in [0.25, 0.3) is 0 Å². The Hall–Kier alpha value is -3.79. The third-order valence-electron chi connectivity index (χ3n) is 9.34. The largest absolute Gasteiger partial charge is 0.459 e. The number of esters is 4. The summed E-state index contributed by atoms with van der Waals surface area (Å²) in [7, 11) is 0. The zero-order valence-electron chi connectivity index (χ0n) is 24.7. The number of carbonyl (C=O) groups is 4. The highest BCUT2D eigenvalue weighted by atomic mass is 16.6. The lowest BCUT2D eigenvalue weighted by molar-refractivity contribution is -0.302. The van der Waals surface area contributed by atoms with E-state index < -0.39 is 64.9 Å². The second kappa shape index (κ2) is 10.8. The fourth-order valence-electron chi connectivity index (χ4n) is 7.61. The van der Waals surface area contributed by atoms with E-state index in [-0.39, 0.29) is 30.2 Å². The van der Waals surface area contributed by atoms with E-state index in [0.717, 1.165) is 0 Å². The summed E-state index contributed by atoms with van der Waals surface area (Å²) in [4.78, 5) is 55.8. The maximum atomic E-state index is 13.5. The Morgan fingerprint density at radius 3 is 2.07 bits per heavy atom. The van der Waals surface area contributed by atoms with Crippen LogP contribution in [0.5, 0.6) is 0 Å². The van der Waals surface area contributed by atoms with E-state index in [1.165, 1.54) is 20.0 Å². The van der Waals surface area contributed by atoms with Gasteiger partial charge in [0, 0.05) is 32.2 Å². The van der Waals surface area contributed by atoms with Gasteiger partial charge in [-0.3, -0.25) is 14.6 Å². The van der Waals surface area contributed by atoms with E-state index in [9.17, 15) is 19.2 Å². The van der Waals surface area contributed by atoms with Gasteiger partial charge in [0.1, 0.15) is 23.9 Å². The van der Waals surface area contributed by atoms with Gasteiger partial charge in [-0.2, -0.15) is 0 Å². The fourth-order valence-corrected chi connectivity index (χ4v) is 7.61. The SMILES string of the molecule is CC(=O)OC1CC(C)C23OC(C)(C)C(CC(OC(=O)c4ccccc4)C2(C)C1OC(C)=O)C3OC(=O)c1cccnc1. The van der Waals surface area contributed by atoms with Crippen LogP contribution < -0.4 is 0 Å². The maximum absolute atomic E-state index is 13.5. The van der Waals surface area contributed by atoms with Crippen molar-refractivity contribution in [3.63, 3.8) is 0 Å². The minimum absolute atomic E-state index is 0.242. The molecule has 10 nitrogen and oxygen atoms in total. The molecule has 2 saturated carbocycles. The predicted octanol–water partition coefficient (Wildman–Crippen LogP) is 4.31. The molecule has 224 valence electrons. The van der Waals surface area contributed by atoms with Crippen molar-refractivity contribution < 1.29 is 42.9 Å². The molecular formula is C32H37NO9. The number of hydrogen-bond acceptors (Lipinski definition) is 10. The van der Waals surface area contributed by atoms with E-state index in [1.54, 1.807) is 48.7 Å². The van der Waals surface area contributed by atoms with Crippen molar-refractivity contribution in [2.75, 3.05) is 0 Å². The van der Waals surface area contributed by atoms with E-state index in [1.807, 2.05) is 27.7 Å². The Morgan fingerprint density at radius 1 is 0.810 bits per heavy atom. The third kappa shape index (κ3) is 4.75. The molecule has 0 amide bonds. The average Bonchev–Trinajstić information content (AvgIpc) is 3.12. The van der Waals surface area contributed by atoms with Gasteiger partial charge in [-0.25, -0.2) is 9.59 Å². The number of pyridine rings is 1. The zero-order valence-corrected chi connectivity index (χ0v) is 24.7. The van der Waals surface area contributed by atoms with Gasteiger partial charge in [0.05, 0.1) is 22.1 Å². The van der Waals surface area contributed by atoms with Crippen LogP contribution in [0.1, 0.15) is 75.1 Å². The second-order valence-corrected chi connectivity index (χ2v) is 12.3. The highest BCUT2D eigenvalue weighted by molar-refractivity contribution is 5.90. The van der Waals surface area contributed by atoms with E-state index in [4.69, 9.17) is 23.7 Å². The standard InChI is InChI=1S/C32H37NO9/c1-18-15-24(38-19(2)34)27(39-20(3)35)31(6)25(40-28(36)21-11-8-7-9-12-21)16-23-26(32(18,31)42-30(23,4)5)41-29(37)22-13-10-14-33-17-22/h7-14,17-18,23-27H,15-16H2,1-6H3. The maximum Gasteiger partial charge on any atom is 0.340 e. The van der Waals surface area contributed by atoms with Crippen molar-refractivity contribution in [3.05, 3.63) is 66.0 Å². The van der Waals surface area contributed by atoms with Gasteiger partial charge in [-0.15, -0.1) is 0 Å². The number of nitrogens with zero attached hydrogens (tertiary/aromatic N) is 1. The summed E-state index contributed by atoms with van der Waals surface area (Å²) in [5, 5.41) is 0. The Labute approximate surface area is 245 Å². The van der Waals surface area contributed by atoms with Gasteiger partial charge in [0.25, 0.3) is 0 Å². The van der Waals surface area contributed by atoms with E-state index in [0.29, 0.717) is 5.56 Å². The fraction of sp³-hybridized carbons (Fsp3) is 0.531. The van der Waals surface area contributed by atoms with Gasteiger partial charge in [0.15, 0.2) is 6.10 Å². The summed E-state index contributed by atoms with van der Waals surface area (Å²) >= 11 is 0. The number of aromatic nitrogens is 1. The van der Waals surface area contributed by atoms with Crippen molar-refractivity contribution >= 4 is 23.9 Å². The third-order valence-corrected chi connectivity index (χ3v) is 9.34. The monoisotopic (exact) mass is 579 g/mol. The van der Waals surface area contributed by atoms with E-state index in [2.05, 4.69) is 4.98 Å². The van der Waals surface area contributed by atoms with Crippen molar-refractivity contribution in [2.45, 2.75) is 90.0 Å². The van der Waals surface area contributed by atoms with Crippen LogP contribution in [-0.2, 0) is 33.3 Å². The molecule has 2 bridgehead atoms. The molecule has 8 unspecified atom stereocenters. The molecule has 8 atom stereocenters. The first kappa shape index (κ1) is 29.7. The van der Waals surface area contributed by atoms with Gasteiger partial charge >= 0.3 is 23.9 Å². The molecule has 1 saturated heterocycles. The number of benzene rings is 1. The molecule has 5 rings (SSSR count). The summed E-state index contributed by atoms with van der Waals surface area (Å²) in [6, 6.07) is 11.9. The van der Waals surface area contributed by atoms with Crippen molar-refractivity contribution in [1.29, 1.82) is 0 Å². The van der Waals surface area contributed by atoms with Crippen LogP contribution in [-0.4, -0.2) is 64.5 Å². The molecule has 1 aromatic heterocycles. The number of ether oxygens (including phenoxy) is 5.